The molecule has 1 heterocycles. The molecule has 0 bridgehead atoms. The van der Waals surface area contributed by atoms with Gasteiger partial charge in [-0.2, -0.15) is 0 Å². The molecule has 0 aliphatic rings. The Balaban J connectivity index is 2.43. The molecule has 1 aromatic carbocycles. The Morgan fingerprint density at radius 3 is 2.57 bits per heavy atom. The van der Waals surface area contributed by atoms with Gasteiger partial charge in [0.15, 0.2) is 0 Å². The highest BCUT2D eigenvalue weighted by Crippen LogP contribution is 2.17. The lowest BCUT2D eigenvalue weighted by Crippen LogP contribution is -2.10. The van der Waals surface area contributed by atoms with Crippen molar-refractivity contribution in [2.45, 2.75) is 0 Å². The SMILES string of the molecule is CNn1cc(-c2ccccc2)nc1N. The first-order valence-corrected chi connectivity index (χ1v) is 4.39. The minimum absolute atomic E-state index is 0.464. The summed E-state index contributed by atoms with van der Waals surface area (Å²) in [7, 11) is 1.80. The standard InChI is InChI=1S/C10H12N4/c1-12-14-7-9(13-10(14)11)8-5-3-2-4-6-8/h2-7,12H,1H3,(H2,11,13). The fraction of sp³-hybridized carbons (Fsp3) is 0.100. The fourth-order valence-electron chi connectivity index (χ4n) is 1.32. The number of hydrogen-bond acceptors (Lipinski definition) is 3. The highest BCUT2D eigenvalue weighted by Gasteiger charge is 2.04. The van der Waals surface area contributed by atoms with Crippen molar-refractivity contribution >= 4 is 5.95 Å². The summed E-state index contributed by atoms with van der Waals surface area (Å²) in [6.07, 6.45) is 1.87. The number of nitrogen functional groups attached to an aromatic ring is 1. The normalized spacial score (nSPS) is 10.1. The Morgan fingerprint density at radius 2 is 2.00 bits per heavy atom. The van der Waals surface area contributed by atoms with Crippen molar-refractivity contribution in [2.24, 2.45) is 0 Å². The van der Waals surface area contributed by atoms with Crippen LogP contribution in [0, 0.1) is 0 Å². The highest BCUT2D eigenvalue weighted by atomic mass is 15.4. The molecule has 0 radical (unpaired) electrons. The number of imidazole rings is 1. The number of nitrogens with zero attached hydrogens (tertiary/aromatic N) is 2. The molecule has 2 aromatic rings. The van der Waals surface area contributed by atoms with E-state index in [1.54, 1.807) is 11.7 Å². The molecule has 0 spiro atoms. The maximum atomic E-state index is 5.68. The van der Waals surface area contributed by atoms with Gasteiger partial charge in [-0.3, -0.25) is 0 Å². The van der Waals surface area contributed by atoms with Gasteiger partial charge in [0, 0.05) is 12.6 Å². The van der Waals surface area contributed by atoms with Crippen LogP contribution >= 0.6 is 0 Å². The first-order valence-electron chi connectivity index (χ1n) is 4.39. The molecule has 0 saturated heterocycles. The second-order valence-corrected chi connectivity index (χ2v) is 2.94. The van der Waals surface area contributed by atoms with Crippen molar-refractivity contribution in [3.8, 4) is 11.3 Å². The van der Waals surface area contributed by atoms with Gasteiger partial charge in [0.05, 0.1) is 11.9 Å². The van der Waals surface area contributed by atoms with Gasteiger partial charge in [-0.05, 0) is 0 Å². The summed E-state index contributed by atoms with van der Waals surface area (Å²) in [5.41, 5.74) is 10.5. The summed E-state index contributed by atoms with van der Waals surface area (Å²) in [5.74, 6) is 0.464. The van der Waals surface area contributed by atoms with Crippen LogP contribution in [0.1, 0.15) is 0 Å². The number of benzene rings is 1. The molecule has 0 aliphatic heterocycles. The van der Waals surface area contributed by atoms with Gasteiger partial charge >= 0.3 is 0 Å². The van der Waals surface area contributed by atoms with Gasteiger partial charge in [0.1, 0.15) is 0 Å². The number of nitrogens with one attached hydrogen (secondary N) is 1. The zero-order valence-corrected chi connectivity index (χ0v) is 7.94. The van der Waals surface area contributed by atoms with Crippen molar-refractivity contribution in [1.29, 1.82) is 0 Å². The number of hydrogen-bond donors (Lipinski definition) is 2. The summed E-state index contributed by atoms with van der Waals surface area (Å²) in [6.45, 7) is 0. The zero-order chi connectivity index (χ0) is 9.97. The van der Waals surface area contributed by atoms with Gasteiger partial charge in [-0.15, -0.1) is 0 Å². The molecule has 3 N–H and O–H groups in total. The van der Waals surface area contributed by atoms with Gasteiger partial charge in [0.25, 0.3) is 0 Å². The third-order valence-corrected chi connectivity index (χ3v) is 2.04. The fourth-order valence-corrected chi connectivity index (χ4v) is 1.32. The van der Waals surface area contributed by atoms with Crippen molar-refractivity contribution in [3.05, 3.63) is 36.5 Å². The predicted octanol–water partition coefficient (Wildman–Crippen LogP) is 1.31. The molecule has 4 nitrogen and oxygen atoms in total. The molecule has 2 rings (SSSR count). The van der Waals surface area contributed by atoms with Crippen LogP contribution in [0.2, 0.25) is 0 Å². The third kappa shape index (κ3) is 1.42. The van der Waals surface area contributed by atoms with E-state index in [1.165, 1.54) is 0 Å². The summed E-state index contributed by atoms with van der Waals surface area (Å²) >= 11 is 0. The van der Waals surface area contributed by atoms with Gasteiger partial charge in [0.2, 0.25) is 5.95 Å². The number of aromatic nitrogens is 2. The summed E-state index contributed by atoms with van der Waals surface area (Å²) in [6, 6.07) is 9.93. The van der Waals surface area contributed by atoms with Crippen LogP contribution in [0.15, 0.2) is 36.5 Å². The molecule has 0 unspecified atom stereocenters. The monoisotopic (exact) mass is 188 g/mol. The highest BCUT2D eigenvalue weighted by molar-refractivity contribution is 5.60. The third-order valence-electron chi connectivity index (χ3n) is 2.04. The quantitative estimate of drug-likeness (QED) is 0.747. The van der Waals surface area contributed by atoms with Crippen molar-refractivity contribution < 1.29 is 0 Å². The lowest BCUT2D eigenvalue weighted by Gasteiger charge is -1.99. The van der Waals surface area contributed by atoms with Crippen LogP contribution in [0.25, 0.3) is 11.3 Å². The van der Waals surface area contributed by atoms with E-state index in [0.717, 1.165) is 11.3 Å². The van der Waals surface area contributed by atoms with Crippen molar-refractivity contribution in [1.82, 2.24) is 9.66 Å². The zero-order valence-electron chi connectivity index (χ0n) is 7.94. The molecule has 0 atom stereocenters. The first kappa shape index (κ1) is 8.62. The van der Waals surface area contributed by atoms with Crippen LogP contribution in [-0.2, 0) is 0 Å². The molecule has 0 amide bonds. The number of rotatable bonds is 2. The molecule has 0 saturated carbocycles. The molecule has 14 heavy (non-hydrogen) atoms. The van der Waals surface area contributed by atoms with E-state index in [9.17, 15) is 0 Å². The Labute approximate surface area is 82.4 Å². The lowest BCUT2D eigenvalue weighted by atomic mass is 10.2. The molecule has 0 aliphatic carbocycles. The Bertz CT molecular complexity index is 419. The van der Waals surface area contributed by atoms with E-state index in [4.69, 9.17) is 5.73 Å². The average molecular weight is 188 g/mol. The lowest BCUT2D eigenvalue weighted by molar-refractivity contribution is 0.940. The minimum Gasteiger partial charge on any atom is -0.368 e. The van der Waals surface area contributed by atoms with Crippen LogP contribution in [-0.4, -0.2) is 16.7 Å². The van der Waals surface area contributed by atoms with E-state index in [-0.39, 0.29) is 0 Å². The topological polar surface area (TPSA) is 55.9 Å². The van der Waals surface area contributed by atoms with E-state index in [2.05, 4.69) is 10.4 Å². The van der Waals surface area contributed by atoms with Crippen LogP contribution < -0.4 is 11.2 Å². The van der Waals surface area contributed by atoms with E-state index in [0.29, 0.717) is 5.95 Å². The van der Waals surface area contributed by atoms with E-state index < -0.39 is 0 Å². The number of anilines is 1. The van der Waals surface area contributed by atoms with Gasteiger partial charge in [-0.25, -0.2) is 9.66 Å². The van der Waals surface area contributed by atoms with Crippen LogP contribution in [0.3, 0.4) is 0 Å². The second-order valence-electron chi connectivity index (χ2n) is 2.94. The van der Waals surface area contributed by atoms with Crippen LogP contribution in [0.5, 0.6) is 0 Å². The molecule has 72 valence electrons. The van der Waals surface area contributed by atoms with Gasteiger partial charge < -0.3 is 11.2 Å². The smallest absolute Gasteiger partial charge is 0.219 e. The van der Waals surface area contributed by atoms with Gasteiger partial charge in [-0.1, -0.05) is 30.3 Å². The second kappa shape index (κ2) is 3.41. The maximum Gasteiger partial charge on any atom is 0.219 e. The van der Waals surface area contributed by atoms with Crippen LogP contribution in [0.4, 0.5) is 5.95 Å². The molecule has 0 fully saturated rings. The molecule has 1 aromatic heterocycles. The first-order chi connectivity index (χ1) is 6.81. The van der Waals surface area contributed by atoms with Crippen molar-refractivity contribution in [3.63, 3.8) is 0 Å². The Hall–Kier alpha value is -1.97. The minimum atomic E-state index is 0.464. The summed E-state index contributed by atoms with van der Waals surface area (Å²) < 4.78 is 1.68. The number of nitrogens with two attached hydrogens (primary N) is 1. The largest absolute Gasteiger partial charge is 0.368 e. The van der Waals surface area contributed by atoms with E-state index >= 15 is 0 Å². The maximum absolute atomic E-state index is 5.68. The summed E-state index contributed by atoms with van der Waals surface area (Å²) in [4.78, 5) is 4.23. The van der Waals surface area contributed by atoms with Crippen molar-refractivity contribution in [2.75, 3.05) is 18.2 Å². The van der Waals surface area contributed by atoms with E-state index in [1.807, 2.05) is 36.5 Å². The predicted molar refractivity (Wildman–Crippen MR) is 57.4 cm³/mol. The molecule has 4 heteroatoms. The summed E-state index contributed by atoms with van der Waals surface area (Å²) in [5, 5.41) is 0. The Kier molecular flexibility index (Phi) is 2.10. The average Bonchev–Trinajstić information content (AvgIpc) is 2.61. The Morgan fingerprint density at radius 1 is 1.29 bits per heavy atom. The molecular formula is C10H12N4. The molecular weight excluding hydrogens is 176 g/mol.